The first kappa shape index (κ1) is 13.2. The van der Waals surface area contributed by atoms with Crippen LogP contribution in [0.25, 0.3) is 11.0 Å². The Labute approximate surface area is 128 Å². The molecule has 1 saturated heterocycles. The molecular weight excluding hydrogens is 278 g/mol. The van der Waals surface area contributed by atoms with E-state index >= 15 is 0 Å². The van der Waals surface area contributed by atoms with Gasteiger partial charge in [0, 0.05) is 25.5 Å². The minimum Gasteiger partial charge on any atom is -0.373 e. The summed E-state index contributed by atoms with van der Waals surface area (Å²) in [5.41, 5.74) is 1.85. The fourth-order valence-electron chi connectivity index (χ4n) is 2.75. The number of rotatable bonds is 3. The van der Waals surface area contributed by atoms with Crippen molar-refractivity contribution in [1.82, 2.24) is 19.7 Å². The zero-order valence-corrected chi connectivity index (χ0v) is 12.2. The average Bonchev–Trinajstić information content (AvgIpc) is 3.08. The van der Waals surface area contributed by atoms with Gasteiger partial charge >= 0.3 is 0 Å². The fraction of sp³-hybridized carbons (Fsp3) is 0.312. The fourth-order valence-corrected chi connectivity index (χ4v) is 2.75. The molecule has 0 unspecified atom stereocenters. The summed E-state index contributed by atoms with van der Waals surface area (Å²) >= 11 is 0. The largest absolute Gasteiger partial charge is 0.373 e. The van der Waals surface area contributed by atoms with Gasteiger partial charge in [-0.05, 0) is 18.2 Å². The van der Waals surface area contributed by atoms with Gasteiger partial charge in [0.05, 0.1) is 36.5 Å². The molecule has 0 N–H and O–H groups in total. The van der Waals surface area contributed by atoms with Crippen molar-refractivity contribution in [3.05, 3.63) is 48.9 Å². The Morgan fingerprint density at radius 2 is 2.09 bits per heavy atom. The summed E-state index contributed by atoms with van der Waals surface area (Å²) in [5, 5.41) is 4.24. The van der Waals surface area contributed by atoms with E-state index in [2.05, 4.69) is 15.0 Å². The Balaban J connectivity index is 1.53. The molecule has 6 heteroatoms. The Hall–Kier alpha value is -2.47. The molecule has 6 nitrogen and oxygen atoms in total. The van der Waals surface area contributed by atoms with Crippen LogP contribution in [0.5, 0.6) is 0 Å². The van der Waals surface area contributed by atoms with Gasteiger partial charge in [-0.1, -0.05) is 12.1 Å². The van der Waals surface area contributed by atoms with E-state index in [-0.39, 0.29) is 6.10 Å². The van der Waals surface area contributed by atoms with Gasteiger partial charge in [0.2, 0.25) is 0 Å². The number of anilines is 1. The lowest BCUT2D eigenvalue weighted by molar-refractivity contribution is 0.0272. The molecule has 1 aromatic carbocycles. The second-order valence-electron chi connectivity index (χ2n) is 5.38. The predicted octanol–water partition coefficient (Wildman–Crippen LogP) is 1.73. The SMILES string of the molecule is c1ccc2nc(N3CCO[C@H](Cn4cccn4)C3)cnc2c1. The van der Waals surface area contributed by atoms with Gasteiger partial charge in [0.15, 0.2) is 0 Å². The van der Waals surface area contributed by atoms with Crippen molar-refractivity contribution < 1.29 is 4.74 Å². The molecule has 3 aromatic rings. The van der Waals surface area contributed by atoms with Crippen LogP contribution in [0.4, 0.5) is 5.82 Å². The number of morpholine rings is 1. The van der Waals surface area contributed by atoms with Crippen LogP contribution in [-0.2, 0) is 11.3 Å². The highest BCUT2D eigenvalue weighted by Crippen LogP contribution is 2.18. The molecule has 4 rings (SSSR count). The first-order valence-corrected chi connectivity index (χ1v) is 7.44. The molecule has 112 valence electrons. The molecule has 1 fully saturated rings. The van der Waals surface area contributed by atoms with Crippen LogP contribution in [-0.4, -0.2) is 45.5 Å². The van der Waals surface area contributed by atoms with Gasteiger partial charge in [-0.25, -0.2) is 4.98 Å². The van der Waals surface area contributed by atoms with Gasteiger partial charge in [-0.3, -0.25) is 9.67 Å². The Morgan fingerprint density at radius 3 is 2.95 bits per heavy atom. The molecular formula is C16H17N5O. The van der Waals surface area contributed by atoms with Gasteiger partial charge in [0.25, 0.3) is 0 Å². The molecule has 0 saturated carbocycles. The number of hydrogen-bond donors (Lipinski definition) is 0. The van der Waals surface area contributed by atoms with Crippen LogP contribution in [0.1, 0.15) is 0 Å². The highest BCUT2D eigenvalue weighted by molar-refractivity contribution is 5.75. The molecule has 1 aliphatic heterocycles. The lowest BCUT2D eigenvalue weighted by Gasteiger charge is -2.33. The molecule has 0 spiro atoms. The van der Waals surface area contributed by atoms with Gasteiger partial charge < -0.3 is 9.64 Å². The number of benzene rings is 1. The van der Waals surface area contributed by atoms with Crippen molar-refractivity contribution in [2.24, 2.45) is 0 Å². The highest BCUT2D eigenvalue weighted by atomic mass is 16.5. The van der Waals surface area contributed by atoms with E-state index in [0.29, 0.717) is 6.61 Å². The van der Waals surface area contributed by atoms with Gasteiger partial charge in [-0.15, -0.1) is 0 Å². The predicted molar refractivity (Wildman–Crippen MR) is 83.7 cm³/mol. The first-order valence-electron chi connectivity index (χ1n) is 7.44. The zero-order valence-electron chi connectivity index (χ0n) is 12.2. The maximum Gasteiger partial charge on any atom is 0.148 e. The van der Waals surface area contributed by atoms with Crippen molar-refractivity contribution in [3.63, 3.8) is 0 Å². The highest BCUT2D eigenvalue weighted by Gasteiger charge is 2.22. The van der Waals surface area contributed by atoms with Crippen LogP contribution in [0, 0.1) is 0 Å². The maximum absolute atomic E-state index is 5.84. The third-order valence-electron chi connectivity index (χ3n) is 3.85. The zero-order chi connectivity index (χ0) is 14.8. The van der Waals surface area contributed by atoms with Crippen molar-refractivity contribution >= 4 is 16.9 Å². The Bertz CT molecular complexity index is 758. The number of ether oxygens (including phenoxy) is 1. The Morgan fingerprint density at radius 1 is 1.18 bits per heavy atom. The molecule has 0 aliphatic carbocycles. The molecule has 1 atom stereocenters. The van der Waals surface area contributed by atoms with Crippen LogP contribution < -0.4 is 4.90 Å². The smallest absolute Gasteiger partial charge is 0.148 e. The summed E-state index contributed by atoms with van der Waals surface area (Å²) in [5.74, 6) is 0.910. The minimum absolute atomic E-state index is 0.113. The summed E-state index contributed by atoms with van der Waals surface area (Å²) in [6, 6.07) is 9.86. The van der Waals surface area contributed by atoms with E-state index < -0.39 is 0 Å². The van der Waals surface area contributed by atoms with Gasteiger partial charge in [-0.2, -0.15) is 5.10 Å². The topological polar surface area (TPSA) is 56.1 Å². The van der Waals surface area contributed by atoms with E-state index in [1.807, 2.05) is 47.4 Å². The third-order valence-corrected chi connectivity index (χ3v) is 3.85. The van der Waals surface area contributed by atoms with Crippen molar-refractivity contribution in [2.45, 2.75) is 12.6 Å². The standard InChI is InChI=1S/C16H17N5O/c1-2-5-15-14(4-1)17-10-16(19-15)20-8-9-22-13(11-20)12-21-7-3-6-18-21/h1-7,10,13H,8-9,11-12H2/t13-/m0/s1. The number of hydrogen-bond acceptors (Lipinski definition) is 5. The summed E-state index contributed by atoms with van der Waals surface area (Å²) < 4.78 is 7.74. The summed E-state index contributed by atoms with van der Waals surface area (Å²) in [6.07, 6.45) is 5.70. The minimum atomic E-state index is 0.113. The van der Waals surface area contributed by atoms with Crippen LogP contribution in [0.15, 0.2) is 48.9 Å². The quantitative estimate of drug-likeness (QED) is 0.736. The first-order chi connectivity index (χ1) is 10.9. The van der Waals surface area contributed by atoms with E-state index in [0.717, 1.165) is 36.5 Å². The van der Waals surface area contributed by atoms with E-state index in [9.17, 15) is 0 Å². The summed E-state index contributed by atoms with van der Waals surface area (Å²) in [7, 11) is 0. The molecule has 0 bridgehead atoms. The van der Waals surface area contributed by atoms with Crippen molar-refractivity contribution in [2.75, 3.05) is 24.6 Å². The van der Waals surface area contributed by atoms with Crippen LogP contribution in [0.3, 0.4) is 0 Å². The van der Waals surface area contributed by atoms with E-state index in [4.69, 9.17) is 9.72 Å². The Kier molecular flexibility index (Phi) is 3.44. The van der Waals surface area contributed by atoms with Gasteiger partial charge in [0.1, 0.15) is 5.82 Å². The maximum atomic E-state index is 5.84. The molecule has 3 heterocycles. The van der Waals surface area contributed by atoms with Crippen LogP contribution >= 0.6 is 0 Å². The number of fused-ring (bicyclic) bond motifs is 1. The molecule has 1 aliphatic rings. The lowest BCUT2D eigenvalue weighted by atomic mass is 10.2. The molecule has 0 amide bonds. The molecule has 2 aromatic heterocycles. The van der Waals surface area contributed by atoms with Crippen LogP contribution in [0.2, 0.25) is 0 Å². The van der Waals surface area contributed by atoms with E-state index in [1.54, 1.807) is 6.20 Å². The second kappa shape index (κ2) is 5.73. The normalized spacial score (nSPS) is 18.7. The second-order valence-corrected chi connectivity index (χ2v) is 5.38. The summed E-state index contributed by atoms with van der Waals surface area (Å²) in [6.45, 7) is 3.08. The van der Waals surface area contributed by atoms with Crippen molar-refractivity contribution in [1.29, 1.82) is 0 Å². The van der Waals surface area contributed by atoms with Crippen molar-refractivity contribution in [3.8, 4) is 0 Å². The van der Waals surface area contributed by atoms with E-state index in [1.165, 1.54) is 0 Å². The average molecular weight is 295 g/mol. The third kappa shape index (κ3) is 2.65. The number of para-hydroxylation sites is 2. The molecule has 22 heavy (non-hydrogen) atoms. The number of nitrogens with zero attached hydrogens (tertiary/aromatic N) is 5. The summed E-state index contributed by atoms with van der Waals surface area (Å²) in [4.78, 5) is 11.4. The monoisotopic (exact) mass is 295 g/mol. The number of aromatic nitrogens is 4. The lowest BCUT2D eigenvalue weighted by Crippen LogP contribution is -2.44. The molecule has 0 radical (unpaired) electrons.